The highest BCUT2D eigenvalue weighted by molar-refractivity contribution is 7.12. The SMILES string of the molecule is CNC(=O)c1ccn(Cc2ccsc2C(=O)O)n1. The first-order valence-corrected chi connectivity index (χ1v) is 6.05. The van der Waals surface area contributed by atoms with E-state index in [-0.39, 0.29) is 5.91 Å². The molecule has 0 unspecified atom stereocenters. The van der Waals surface area contributed by atoms with Crippen LogP contribution in [0, 0.1) is 0 Å². The van der Waals surface area contributed by atoms with Gasteiger partial charge in [-0.05, 0) is 23.1 Å². The Bertz CT molecular complexity index is 588. The van der Waals surface area contributed by atoms with Gasteiger partial charge in [0.1, 0.15) is 10.6 Å². The van der Waals surface area contributed by atoms with Gasteiger partial charge in [0.2, 0.25) is 0 Å². The lowest BCUT2D eigenvalue weighted by Gasteiger charge is -2.01. The molecule has 0 aliphatic heterocycles. The number of amides is 1. The number of carbonyl (C=O) groups excluding carboxylic acids is 1. The first-order chi connectivity index (χ1) is 8.61. The minimum Gasteiger partial charge on any atom is -0.477 e. The third-order valence-electron chi connectivity index (χ3n) is 2.37. The molecule has 0 aliphatic rings. The summed E-state index contributed by atoms with van der Waals surface area (Å²) in [4.78, 5) is 22.6. The zero-order valence-electron chi connectivity index (χ0n) is 9.58. The largest absolute Gasteiger partial charge is 0.477 e. The quantitative estimate of drug-likeness (QED) is 0.865. The zero-order chi connectivity index (χ0) is 13.1. The van der Waals surface area contributed by atoms with Gasteiger partial charge in [-0.1, -0.05) is 0 Å². The number of aromatic carboxylic acids is 1. The molecule has 7 heteroatoms. The van der Waals surface area contributed by atoms with E-state index in [1.807, 2.05) is 0 Å². The summed E-state index contributed by atoms with van der Waals surface area (Å²) in [7, 11) is 1.53. The molecule has 0 bridgehead atoms. The molecule has 2 aromatic rings. The number of nitrogens with one attached hydrogen (secondary N) is 1. The molecule has 94 valence electrons. The number of aromatic nitrogens is 2. The van der Waals surface area contributed by atoms with Gasteiger partial charge in [-0.3, -0.25) is 9.48 Å². The number of rotatable bonds is 4. The van der Waals surface area contributed by atoms with Gasteiger partial charge < -0.3 is 10.4 Å². The van der Waals surface area contributed by atoms with Crippen molar-refractivity contribution in [2.24, 2.45) is 0 Å². The van der Waals surface area contributed by atoms with Crippen LogP contribution in [0.4, 0.5) is 0 Å². The maximum absolute atomic E-state index is 11.3. The van der Waals surface area contributed by atoms with Crippen molar-refractivity contribution in [3.05, 3.63) is 39.8 Å². The van der Waals surface area contributed by atoms with Crippen molar-refractivity contribution in [3.63, 3.8) is 0 Å². The molecule has 2 rings (SSSR count). The number of carboxylic acid groups (broad SMARTS) is 1. The Morgan fingerprint density at radius 3 is 2.94 bits per heavy atom. The number of hydrogen-bond acceptors (Lipinski definition) is 4. The molecule has 2 aromatic heterocycles. The highest BCUT2D eigenvalue weighted by Crippen LogP contribution is 2.17. The first-order valence-electron chi connectivity index (χ1n) is 5.17. The summed E-state index contributed by atoms with van der Waals surface area (Å²) in [6.07, 6.45) is 1.65. The van der Waals surface area contributed by atoms with Gasteiger partial charge in [-0.2, -0.15) is 5.10 Å². The normalized spacial score (nSPS) is 10.3. The lowest BCUT2D eigenvalue weighted by molar-refractivity contribution is 0.0700. The van der Waals surface area contributed by atoms with E-state index in [2.05, 4.69) is 10.4 Å². The predicted molar refractivity (Wildman–Crippen MR) is 66.0 cm³/mol. The molecule has 0 spiro atoms. The maximum Gasteiger partial charge on any atom is 0.346 e. The van der Waals surface area contributed by atoms with Crippen molar-refractivity contribution in [3.8, 4) is 0 Å². The summed E-state index contributed by atoms with van der Waals surface area (Å²) < 4.78 is 1.54. The van der Waals surface area contributed by atoms with Gasteiger partial charge in [0.05, 0.1) is 6.54 Å². The van der Waals surface area contributed by atoms with E-state index in [0.29, 0.717) is 22.7 Å². The number of hydrogen-bond donors (Lipinski definition) is 2. The van der Waals surface area contributed by atoms with Crippen LogP contribution >= 0.6 is 11.3 Å². The minimum atomic E-state index is -0.946. The van der Waals surface area contributed by atoms with Gasteiger partial charge in [0.15, 0.2) is 0 Å². The fourth-order valence-electron chi connectivity index (χ4n) is 1.52. The number of carbonyl (C=O) groups is 2. The third kappa shape index (κ3) is 2.40. The summed E-state index contributed by atoms with van der Waals surface area (Å²) in [5, 5.41) is 17.3. The molecule has 0 saturated heterocycles. The van der Waals surface area contributed by atoms with Crippen LogP contribution in [0.3, 0.4) is 0 Å². The molecule has 0 saturated carbocycles. The molecule has 1 amide bonds. The molecule has 0 aromatic carbocycles. The predicted octanol–water partition coefficient (Wildman–Crippen LogP) is 1.05. The Morgan fingerprint density at radius 1 is 1.50 bits per heavy atom. The molecular formula is C11H11N3O3S. The van der Waals surface area contributed by atoms with Crippen molar-refractivity contribution >= 4 is 23.2 Å². The molecule has 0 radical (unpaired) electrons. The second-order valence-corrected chi connectivity index (χ2v) is 4.47. The monoisotopic (exact) mass is 265 g/mol. The van der Waals surface area contributed by atoms with Gasteiger partial charge in [0, 0.05) is 13.2 Å². The van der Waals surface area contributed by atoms with E-state index < -0.39 is 5.97 Å². The zero-order valence-corrected chi connectivity index (χ0v) is 10.4. The van der Waals surface area contributed by atoms with Crippen molar-refractivity contribution in [2.75, 3.05) is 7.05 Å². The Balaban J connectivity index is 2.19. The molecular weight excluding hydrogens is 254 g/mol. The summed E-state index contributed by atoms with van der Waals surface area (Å²) in [6, 6.07) is 3.33. The summed E-state index contributed by atoms with van der Waals surface area (Å²) >= 11 is 1.17. The van der Waals surface area contributed by atoms with Crippen LogP contribution in [-0.4, -0.2) is 33.8 Å². The number of carboxylic acids is 1. The topological polar surface area (TPSA) is 84.2 Å². The molecule has 0 aliphatic carbocycles. The second kappa shape index (κ2) is 5.01. The molecule has 0 fully saturated rings. The molecule has 6 nitrogen and oxygen atoms in total. The molecule has 0 atom stereocenters. The third-order valence-corrected chi connectivity index (χ3v) is 3.32. The van der Waals surface area contributed by atoms with Crippen LogP contribution < -0.4 is 5.32 Å². The van der Waals surface area contributed by atoms with Crippen molar-refractivity contribution < 1.29 is 14.7 Å². The summed E-state index contributed by atoms with van der Waals surface area (Å²) in [5.41, 5.74) is 0.990. The first kappa shape index (κ1) is 12.3. The van der Waals surface area contributed by atoms with Crippen molar-refractivity contribution in [1.82, 2.24) is 15.1 Å². The summed E-state index contributed by atoms with van der Waals surface area (Å²) in [5.74, 6) is -1.21. The Labute approximate surface area is 107 Å². The summed E-state index contributed by atoms with van der Waals surface area (Å²) in [6.45, 7) is 0.335. The second-order valence-electron chi connectivity index (χ2n) is 3.56. The van der Waals surface area contributed by atoms with E-state index in [1.54, 1.807) is 28.4 Å². The highest BCUT2D eigenvalue weighted by Gasteiger charge is 2.13. The smallest absolute Gasteiger partial charge is 0.346 e. The molecule has 2 N–H and O–H groups in total. The van der Waals surface area contributed by atoms with Crippen LogP contribution in [0.2, 0.25) is 0 Å². The van der Waals surface area contributed by atoms with Crippen LogP contribution in [0.25, 0.3) is 0 Å². The number of nitrogens with zero attached hydrogens (tertiary/aromatic N) is 2. The van der Waals surface area contributed by atoms with E-state index in [4.69, 9.17) is 5.11 Å². The fraction of sp³-hybridized carbons (Fsp3) is 0.182. The molecule has 18 heavy (non-hydrogen) atoms. The average molecular weight is 265 g/mol. The maximum atomic E-state index is 11.3. The van der Waals surface area contributed by atoms with E-state index >= 15 is 0 Å². The molecule has 2 heterocycles. The van der Waals surface area contributed by atoms with E-state index in [1.165, 1.54) is 18.4 Å². The van der Waals surface area contributed by atoms with Gasteiger partial charge in [0.25, 0.3) is 5.91 Å². The van der Waals surface area contributed by atoms with E-state index in [0.717, 1.165) is 0 Å². The van der Waals surface area contributed by atoms with Gasteiger partial charge in [-0.25, -0.2) is 4.79 Å². The van der Waals surface area contributed by atoms with Crippen LogP contribution in [0.5, 0.6) is 0 Å². The minimum absolute atomic E-state index is 0.266. The van der Waals surface area contributed by atoms with Gasteiger partial charge >= 0.3 is 5.97 Å². The Kier molecular flexibility index (Phi) is 3.42. The van der Waals surface area contributed by atoms with Crippen molar-refractivity contribution in [1.29, 1.82) is 0 Å². The van der Waals surface area contributed by atoms with Crippen molar-refractivity contribution in [2.45, 2.75) is 6.54 Å². The Hall–Kier alpha value is -2.15. The Morgan fingerprint density at radius 2 is 2.28 bits per heavy atom. The van der Waals surface area contributed by atoms with Crippen LogP contribution in [0.15, 0.2) is 23.7 Å². The fourth-order valence-corrected chi connectivity index (χ4v) is 2.27. The highest BCUT2D eigenvalue weighted by atomic mass is 32.1. The van der Waals surface area contributed by atoms with E-state index in [9.17, 15) is 9.59 Å². The van der Waals surface area contributed by atoms with Crippen LogP contribution in [0.1, 0.15) is 25.7 Å². The van der Waals surface area contributed by atoms with Crippen LogP contribution in [-0.2, 0) is 6.54 Å². The number of thiophene rings is 1. The lowest BCUT2D eigenvalue weighted by Crippen LogP contribution is -2.18. The average Bonchev–Trinajstić information content (AvgIpc) is 2.97. The standard InChI is InChI=1S/C11H11N3O3S/c1-12-10(15)8-2-4-14(13-8)6-7-3-5-18-9(7)11(16)17/h2-5H,6H2,1H3,(H,12,15)(H,16,17). The lowest BCUT2D eigenvalue weighted by atomic mass is 10.2. The van der Waals surface area contributed by atoms with Gasteiger partial charge in [-0.15, -0.1) is 11.3 Å².